The Morgan fingerprint density at radius 3 is 2.47 bits per heavy atom. The summed E-state index contributed by atoms with van der Waals surface area (Å²) < 4.78 is 13.7. The van der Waals surface area contributed by atoms with Gasteiger partial charge in [0.25, 0.3) is 17.7 Å². The lowest BCUT2D eigenvalue weighted by atomic mass is 9.82. The number of rotatable bonds is 3. The first-order valence-electron chi connectivity index (χ1n) is 9.59. The zero-order valence-electron chi connectivity index (χ0n) is 16.6. The lowest BCUT2D eigenvalue weighted by Crippen LogP contribution is -2.37. The molecular formula is C21H20N4O4S. The van der Waals surface area contributed by atoms with Crippen molar-refractivity contribution in [3.63, 3.8) is 0 Å². The van der Waals surface area contributed by atoms with Crippen LogP contribution in [0.25, 0.3) is 0 Å². The van der Waals surface area contributed by atoms with Gasteiger partial charge in [-0.25, -0.2) is 9.88 Å². The van der Waals surface area contributed by atoms with Crippen molar-refractivity contribution < 1.29 is 18.6 Å². The fourth-order valence-corrected chi connectivity index (χ4v) is 3.94. The minimum Gasteiger partial charge on any atom is -0.371 e. The van der Waals surface area contributed by atoms with Crippen LogP contribution in [0.4, 0.5) is 11.5 Å². The van der Waals surface area contributed by atoms with Crippen molar-refractivity contribution in [2.75, 3.05) is 22.9 Å². The van der Waals surface area contributed by atoms with Gasteiger partial charge in [-0.2, -0.15) is 4.21 Å². The SMILES string of the molecule is CC1(C)CCN(c2ccnc(N3C(=O)c4ccc(C(=O)N=S=O)cc4C3=O)c2)CC1. The van der Waals surface area contributed by atoms with E-state index in [-0.39, 0.29) is 34.0 Å². The highest BCUT2D eigenvalue weighted by Gasteiger charge is 2.38. The van der Waals surface area contributed by atoms with Crippen molar-refractivity contribution in [2.45, 2.75) is 26.7 Å². The third kappa shape index (κ3) is 3.56. The average Bonchev–Trinajstić information content (AvgIpc) is 2.98. The molecule has 1 aromatic carbocycles. The summed E-state index contributed by atoms with van der Waals surface area (Å²) in [5, 5.41) is 0. The number of hydrogen-bond acceptors (Lipinski definition) is 6. The molecule has 0 spiro atoms. The number of anilines is 2. The lowest BCUT2D eigenvalue weighted by Gasteiger charge is -2.38. The molecule has 0 atom stereocenters. The molecular weight excluding hydrogens is 404 g/mol. The molecule has 0 N–H and O–H groups in total. The highest BCUT2D eigenvalue weighted by Crippen LogP contribution is 2.34. The molecule has 30 heavy (non-hydrogen) atoms. The summed E-state index contributed by atoms with van der Waals surface area (Å²) in [7, 11) is 0. The fraction of sp³-hybridized carbons (Fsp3) is 0.333. The third-order valence-electron chi connectivity index (χ3n) is 5.69. The second-order valence-corrected chi connectivity index (χ2v) is 8.53. The van der Waals surface area contributed by atoms with Crippen LogP contribution < -0.4 is 9.80 Å². The maximum atomic E-state index is 13.0. The van der Waals surface area contributed by atoms with Gasteiger partial charge in [0.15, 0.2) is 0 Å². The zero-order chi connectivity index (χ0) is 21.5. The fourth-order valence-electron chi connectivity index (χ4n) is 3.77. The lowest BCUT2D eigenvalue weighted by molar-refractivity contribution is 0.0924. The van der Waals surface area contributed by atoms with Crippen molar-refractivity contribution in [1.82, 2.24) is 4.98 Å². The Kier molecular flexibility index (Phi) is 5.07. The Balaban J connectivity index is 1.63. The van der Waals surface area contributed by atoms with Crippen LogP contribution in [0.15, 0.2) is 40.9 Å². The number of pyridine rings is 1. The highest BCUT2D eigenvalue weighted by atomic mass is 32.1. The smallest absolute Gasteiger partial charge is 0.290 e. The number of carbonyl (C=O) groups excluding carboxylic acids is 3. The highest BCUT2D eigenvalue weighted by molar-refractivity contribution is 7.55. The van der Waals surface area contributed by atoms with Gasteiger partial charge < -0.3 is 4.90 Å². The largest absolute Gasteiger partial charge is 0.371 e. The summed E-state index contributed by atoms with van der Waals surface area (Å²) in [4.78, 5) is 45.2. The van der Waals surface area contributed by atoms with E-state index in [1.165, 1.54) is 18.2 Å². The zero-order valence-corrected chi connectivity index (χ0v) is 17.4. The van der Waals surface area contributed by atoms with Gasteiger partial charge in [0.05, 0.1) is 11.1 Å². The van der Waals surface area contributed by atoms with Crippen LogP contribution >= 0.6 is 0 Å². The summed E-state index contributed by atoms with van der Waals surface area (Å²) in [6, 6.07) is 7.71. The topological polar surface area (TPSA) is 100 Å². The van der Waals surface area contributed by atoms with Gasteiger partial charge in [-0.3, -0.25) is 14.4 Å². The first-order chi connectivity index (χ1) is 14.3. The van der Waals surface area contributed by atoms with Gasteiger partial charge in [-0.1, -0.05) is 13.8 Å². The quantitative estimate of drug-likeness (QED) is 0.702. The molecule has 2 aromatic rings. The number of carbonyl (C=O) groups is 3. The minimum atomic E-state index is -0.746. The predicted molar refractivity (Wildman–Crippen MR) is 112 cm³/mol. The van der Waals surface area contributed by atoms with E-state index in [1.807, 2.05) is 6.07 Å². The Labute approximate surface area is 177 Å². The van der Waals surface area contributed by atoms with Crippen molar-refractivity contribution in [3.8, 4) is 0 Å². The molecule has 3 heterocycles. The van der Waals surface area contributed by atoms with Crippen LogP contribution in [-0.4, -0.2) is 40.0 Å². The maximum Gasteiger partial charge on any atom is 0.290 e. The standard InChI is InChI=1S/C21H20N4O4S/c1-21(2)6-9-24(10-7-21)14-5-8-22-17(12-14)25-19(27)15-4-3-13(18(26)23-30-29)11-16(15)20(25)28/h3-5,8,11-12H,6-7,9-10H2,1-2H3. The molecule has 4 rings (SSSR count). The molecule has 0 unspecified atom stereocenters. The number of fused-ring (bicyclic) bond motifs is 1. The molecule has 9 heteroatoms. The molecule has 2 aliphatic heterocycles. The molecule has 8 nitrogen and oxygen atoms in total. The van der Waals surface area contributed by atoms with E-state index in [2.05, 4.69) is 28.1 Å². The van der Waals surface area contributed by atoms with Crippen LogP contribution in [0.5, 0.6) is 0 Å². The van der Waals surface area contributed by atoms with E-state index in [1.54, 1.807) is 12.3 Å². The average molecular weight is 424 g/mol. The molecule has 0 radical (unpaired) electrons. The Morgan fingerprint density at radius 1 is 1.07 bits per heavy atom. The Hall–Kier alpha value is -3.20. The van der Waals surface area contributed by atoms with Crippen molar-refractivity contribution in [3.05, 3.63) is 53.2 Å². The van der Waals surface area contributed by atoms with Crippen LogP contribution in [-0.2, 0) is 11.5 Å². The van der Waals surface area contributed by atoms with Crippen molar-refractivity contribution in [1.29, 1.82) is 0 Å². The molecule has 0 saturated carbocycles. The van der Waals surface area contributed by atoms with E-state index in [4.69, 9.17) is 0 Å². The monoisotopic (exact) mass is 424 g/mol. The van der Waals surface area contributed by atoms with Gasteiger partial charge in [-0.05, 0) is 42.5 Å². The Bertz CT molecular complexity index is 1110. The maximum absolute atomic E-state index is 13.0. The summed E-state index contributed by atoms with van der Waals surface area (Å²) in [5.41, 5.74) is 1.59. The van der Waals surface area contributed by atoms with Gasteiger partial charge >= 0.3 is 0 Å². The van der Waals surface area contributed by atoms with Crippen molar-refractivity contribution >= 4 is 40.7 Å². The molecule has 2 aliphatic rings. The predicted octanol–water partition coefficient (Wildman–Crippen LogP) is 3.05. The van der Waals surface area contributed by atoms with E-state index in [9.17, 15) is 18.6 Å². The number of nitrogens with zero attached hydrogens (tertiary/aromatic N) is 4. The molecule has 154 valence electrons. The van der Waals surface area contributed by atoms with Crippen LogP contribution in [0, 0.1) is 5.41 Å². The first kappa shape index (κ1) is 20.1. The van der Waals surface area contributed by atoms with Crippen molar-refractivity contribution in [2.24, 2.45) is 9.78 Å². The Morgan fingerprint density at radius 2 is 1.77 bits per heavy atom. The normalized spacial score (nSPS) is 17.7. The van der Waals surface area contributed by atoms with E-state index < -0.39 is 17.7 Å². The number of benzene rings is 1. The molecule has 0 aliphatic carbocycles. The van der Waals surface area contributed by atoms with Crippen LogP contribution in [0.1, 0.15) is 57.8 Å². The van der Waals surface area contributed by atoms with Gasteiger partial charge in [0.2, 0.25) is 11.5 Å². The molecule has 1 saturated heterocycles. The van der Waals surface area contributed by atoms with Gasteiger partial charge in [-0.15, -0.1) is 4.36 Å². The second-order valence-electron chi connectivity index (χ2n) is 8.20. The first-order valence-corrected chi connectivity index (χ1v) is 10.3. The van der Waals surface area contributed by atoms with E-state index >= 15 is 0 Å². The van der Waals surface area contributed by atoms with E-state index in [0.29, 0.717) is 5.41 Å². The number of amides is 3. The number of imide groups is 1. The molecule has 1 aromatic heterocycles. The summed E-state index contributed by atoms with van der Waals surface area (Å²) in [5.74, 6) is -1.54. The van der Waals surface area contributed by atoms with E-state index in [0.717, 1.165) is 36.5 Å². The minimum absolute atomic E-state index is 0.0812. The number of hydrogen-bond donors (Lipinski definition) is 0. The summed E-state index contributed by atoms with van der Waals surface area (Å²) in [6.07, 6.45) is 3.70. The summed E-state index contributed by atoms with van der Waals surface area (Å²) >= 11 is -0.200. The third-order valence-corrected chi connectivity index (χ3v) is 5.93. The summed E-state index contributed by atoms with van der Waals surface area (Å²) in [6.45, 7) is 6.29. The molecule has 0 bridgehead atoms. The van der Waals surface area contributed by atoms with Crippen LogP contribution in [0.2, 0.25) is 0 Å². The van der Waals surface area contributed by atoms with Gasteiger partial charge in [0, 0.05) is 36.6 Å². The van der Waals surface area contributed by atoms with Gasteiger partial charge in [0.1, 0.15) is 5.82 Å². The van der Waals surface area contributed by atoms with Crippen LogP contribution in [0.3, 0.4) is 0 Å². The molecule has 1 fully saturated rings. The molecule has 3 amide bonds. The number of aromatic nitrogens is 1. The second kappa shape index (κ2) is 7.56. The number of piperidine rings is 1.